The zero-order chi connectivity index (χ0) is 36.4. The number of hydrogen-bond donors (Lipinski definition) is 3. The Bertz CT molecular complexity index is 1710. The molecule has 4 rings (SSSR count). The summed E-state index contributed by atoms with van der Waals surface area (Å²) in [4.78, 5) is 31.0. The molecule has 2 aromatic carbocycles. The Morgan fingerprint density at radius 2 is 1.72 bits per heavy atom. The minimum atomic E-state index is -4.07. The molecule has 14 heteroatoms. The molecule has 4 atom stereocenters. The summed E-state index contributed by atoms with van der Waals surface area (Å²) in [6.45, 7) is 8.32. The highest BCUT2D eigenvalue weighted by molar-refractivity contribution is 7.89. The highest BCUT2D eigenvalue weighted by atomic mass is 32.2. The fourth-order valence-corrected chi connectivity index (χ4v) is 7.75. The van der Waals surface area contributed by atoms with E-state index in [1.165, 1.54) is 47.2 Å². The molecule has 1 aliphatic rings. The van der Waals surface area contributed by atoms with Gasteiger partial charge in [-0.15, -0.1) is 0 Å². The van der Waals surface area contributed by atoms with E-state index in [0.29, 0.717) is 35.4 Å². The summed E-state index contributed by atoms with van der Waals surface area (Å²) in [7, 11) is -4.07. The Kier molecular flexibility index (Phi) is 13.3. The maximum atomic E-state index is 14.2. The van der Waals surface area contributed by atoms with E-state index >= 15 is 0 Å². The third kappa shape index (κ3) is 9.79. The summed E-state index contributed by atoms with van der Waals surface area (Å²) < 4.78 is 29.7. The second-order valence-electron chi connectivity index (χ2n) is 13.2. The van der Waals surface area contributed by atoms with Crippen molar-refractivity contribution in [1.82, 2.24) is 19.4 Å². The highest BCUT2D eigenvalue weighted by Gasteiger charge is 2.41. The van der Waals surface area contributed by atoms with Gasteiger partial charge in [-0.05, 0) is 47.6 Å². The number of aromatic nitrogens is 1. The molecule has 270 valence electrons. The van der Waals surface area contributed by atoms with E-state index in [9.17, 15) is 28.3 Å². The largest absolute Gasteiger partial charge is 0.619 e. The number of carbonyl (C=O) groups excluding carboxylic acids is 2. The van der Waals surface area contributed by atoms with Crippen molar-refractivity contribution in [2.24, 2.45) is 17.0 Å². The van der Waals surface area contributed by atoms with Crippen LogP contribution in [0.3, 0.4) is 0 Å². The number of sulfonamides is 1. The number of rotatable bonds is 17. The summed E-state index contributed by atoms with van der Waals surface area (Å²) in [5.41, 5.74) is 2.01. The van der Waals surface area contributed by atoms with Crippen molar-refractivity contribution in [3.63, 3.8) is 0 Å². The Labute approximate surface area is 294 Å². The molecular weight excluding hydrogens is 660 g/mol. The highest BCUT2D eigenvalue weighted by Crippen LogP contribution is 2.24. The van der Waals surface area contributed by atoms with E-state index in [0.717, 1.165) is 5.56 Å². The van der Waals surface area contributed by atoms with E-state index in [4.69, 9.17) is 5.21 Å². The Balaban J connectivity index is 1.59. The van der Waals surface area contributed by atoms with Crippen LogP contribution in [0.25, 0.3) is 0 Å². The van der Waals surface area contributed by atoms with Crippen molar-refractivity contribution < 1.29 is 33.1 Å². The number of hydrogen-bond acceptors (Lipinski definition) is 8. The van der Waals surface area contributed by atoms with Crippen molar-refractivity contribution >= 4 is 28.2 Å². The van der Waals surface area contributed by atoms with E-state index in [1.54, 1.807) is 21.9 Å². The fraction of sp³-hybridized carbons (Fsp3) is 0.444. The summed E-state index contributed by atoms with van der Waals surface area (Å²) in [6, 6.07) is 16.5. The quantitative estimate of drug-likeness (QED) is 0.0636. The number of benzene rings is 2. The van der Waals surface area contributed by atoms with E-state index in [2.05, 4.69) is 10.5 Å². The van der Waals surface area contributed by atoms with Gasteiger partial charge in [0.25, 0.3) is 0 Å². The molecule has 13 nitrogen and oxygen atoms in total. The van der Waals surface area contributed by atoms with Crippen molar-refractivity contribution in [1.29, 1.82) is 0 Å². The molecule has 1 saturated heterocycles. The molecule has 0 bridgehead atoms. The van der Waals surface area contributed by atoms with Crippen molar-refractivity contribution in [2.75, 3.05) is 26.2 Å². The summed E-state index contributed by atoms with van der Waals surface area (Å²) in [6.07, 6.45) is 3.48. The van der Waals surface area contributed by atoms with Gasteiger partial charge < -0.3 is 30.6 Å². The molecule has 1 aliphatic heterocycles. The summed E-state index contributed by atoms with van der Waals surface area (Å²) in [5, 5.41) is 38.4. The van der Waals surface area contributed by atoms with Crippen LogP contribution in [0.15, 0.2) is 89.2 Å². The SMILES string of the molecule is CC[C@H](C)[C@@H](C(=O)N[C@@H](Cc1ccccc1)[C@H](O)CN(CC(C)C)S(=O)(=O)c1ccc(/C=N/O)cc1)N1CCN(Cc2ccc[n+]([O-])c2)C1=O. The Morgan fingerprint density at radius 1 is 1.04 bits per heavy atom. The second kappa shape index (κ2) is 17.4. The predicted molar refractivity (Wildman–Crippen MR) is 189 cm³/mol. The van der Waals surface area contributed by atoms with Crippen LogP contribution in [0.5, 0.6) is 0 Å². The number of nitrogens with one attached hydrogen (secondary N) is 1. The molecule has 2 heterocycles. The van der Waals surface area contributed by atoms with Crippen LogP contribution in [0.2, 0.25) is 0 Å². The van der Waals surface area contributed by atoms with E-state index < -0.39 is 34.1 Å². The number of aliphatic hydroxyl groups is 1. The first-order valence-corrected chi connectivity index (χ1v) is 18.3. The van der Waals surface area contributed by atoms with E-state index in [1.807, 2.05) is 58.0 Å². The lowest BCUT2D eigenvalue weighted by molar-refractivity contribution is -0.605. The summed E-state index contributed by atoms with van der Waals surface area (Å²) in [5.74, 6) is -0.745. The fourth-order valence-electron chi connectivity index (χ4n) is 6.13. The second-order valence-corrected chi connectivity index (χ2v) is 15.1. The van der Waals surface area contributed by atoms with Crippen molar-refractivity contribution in [3.8, 4) is 0 Å². The standard InChI is InChI=1S/C36H48N6O7S/c1-5-27(4)34(42-19-18-39(36(42)45)23-30-12-9-17-40(47)24-30)35(44)38-32(20-28-10-7-6-8-11-28)33(43)25-41(22-26(2)3)50(48,49)31-15-13-29(14-16-31)21-37-46/h6-17,21,24,26-27,32-34,43,46H,5,18-20,22-23,25H2,1-4H3,(H,38,44)/b37-21+/t27-,32-,33+,34-/m0/s1. The smallest absolute Gasteiger partial charge is 0.321 e. The van der Waals surface area contributed by atoms with Crippen LogP contribution >= 0.6 is 0 Å². The number of carbonyl (C=O) groups is 2. The number of amides is 3. The normalized spacial score (nSPS) is 16.3. The van der Waals surface area contributed by atoms with Crippen LogP contribution in [0, 0.1) is 17.0 Å². The molecule has 50 heavy (non-hydrogen) atoms. The molecule has 0 aliphatic carbocycles. The minimum Gasteiger partial charge on any atom is -0.619 e. The molecule has 1 fully saturated rings. The molecule has 1 aromatic heterocycles. The zero-order valence-electron chi connectivity index (χ0n) is 29.0. The Morgan fingerprint density at radius 3 is 2.34 bits per heavy atom. The first-order chi connectivity index (χ1) is 23.8. The van der Waals surface area contributed by atoms with Crippen molar-refractivity contribution in [3.05, 3.63) is 101 Å². The van der Waals surface area contributed by atoms with Crippen LogP contribution in [-0.2, 0) is 27.8 Å². The first kappa shape index (κ1) is 38.3. The molecular formula is C36H48N6O7S. The maximum absolute atomic E-state index is 14.2. The molecule has 0 spiro atoms. The van der Waals surface area contributed by atoms with Gasteiger partial charge in [0.15, 0.2) is 12.4 Å². The monoisotopic (exact) mass is 708 g/mol. The lowest BCUT2D eigenvalue weighted by atomic mass is 9.95. The lowest BCUT2D eigenvalue weighted by Crippen LogP contribution is -2.57. The van der Waals surface area contributed by atoms with Crippen molar-refractivity contribution in [2.45, 2.75) is 70.2 Å². The van der Waals surface area contributed by atoms with Gasteiger partial charge in [0.2, 0.25) is 15.9 Å². The molecule has 3 aromatic rings. The van der Waals surface area contributed by atoms with Gasteiger partial charge in [-0.3, -0.25) is 4.79 Å². The molecule has 0 unspecified atom stereocenters. The number of urea groups is 1. The number of aliphatic hydroxyl groups excluding tert-OH is 1. The van der Waals surface area contributed by atoms with Gasteiger partial charge in [-0.1, -0.05) is 81.7 Å². The van der Waals surface area contributed by atoms with Gasteiger partial charge in [0, 0.05) is 37.8 Å². The summed E-state index contributed by atoms with van der Waals surface area (Å²) >= 11 is 0. The van der Waals surface area contributed by atoms with Gasteiger partial charge >= 0.3 is 6.03 Å². The van der Waals surface area contributed by atoms with Gasteiger partial charge in [-0.2, -0.15) is 9.04 Å². The first-order valence-electron chi connectivity index (χ1n) is 16.9. The van der Waals surface area contributed by atoms with Crippen LogP contribution in [-0.4, -0.2) is 95.4 Å². The number of nitrogens with zero attached hydrogens (tertiary/aromatic N) is 5. The van der Waals surface area contributed by atoms with Crippen LogP contribution in [0.4, 0.5) is 4.79 Å². The van der Waals surface area contributed by atoms with Gasteiger partial charge in [-0.25, -0.2) is 13.2 Å². The lowest BCUT2D eigenvalue weighted by Gasteiger charge is -2.35. The molecule has 0 radical (unpaired) electrons. The van der Waals surface area contributed by atoms with Crippen LogP contribution < -0.4 is 10.0 Å². The third-order valence-corrected chi connectivity index (χ3v) is 10.7. The van der Waals surface area contributed by atoms with E-state index in [-0.39, 0.29) is 48.8 Å². The molecule has 3 amide bonds. The molecule has 3 N–H and O–H groups in total. The zero-order valence-corrected chi connectivity index (χ0v) is 29.8. The molecule has 0 saturated carbocycles. The van der Waals surface area contributed by atoms with Crippen LogP contribution in [0.1, 0.15) is 50.8 Å². The van der Waals surface area contributed by atoms with Gasteiger partial charge in [0.1, 0.15) is 6.04 Å². The van der Waals surface area contributed by atoms with Gasteiger partial charge in [0.05, 0.1) is 29.8 Å². The average molecular weight is 709 g/mol. The number of oxime groups is 1. The average Bonchev–Trinajstić information content (AvgIpc) is 3.43. The predicted octanol–water partition coefficient (Wildman–Crippen LogP) is 3.22. The number of pyridine rings is 1. The minimum absolute atomic E-state index is 0.0126. The maximum Gasteiger partial charge on any atom is 0.321 e. The third-order valence-electron chi connectivity index (χ3n) is 8.90. The Hall–Kier alpha value is -4.53. The topological polar surface area (TPSA) is 170 Å².